The van der Waals surface area contributed by atoms with E-state index in [1.807, 2.05) is 36.9 Å². The second-order valence-electron chi connectivity index (χ2n) is 5.73. The Kier molecular flexibility index (Phi) is 3.22. The van der Waals surface area contributed by atoms with E-state index in [0.29, 0.717) is 0 Å². The smallest absolute Gasteiger partial charge is 0.239 e. The van der Waals surface area contributed by atoms with Gasteiger partial charge in [-0.1, -0.05) is 30.3 Å². The van der Waals surface area contributed by atoms with Gasteiger partial charge in [0.25, 0.3) is 0 Å². The maximum atomic E-state index is 12.6. The van der Waals surface area contributed by atoms with Crippen molar-refractivity contribution in [2.75, 3.05) is 0 Å². The number of rotatable bonds is 2. The van der Waals surface area contributed by atoms with Gasteiger partial charge in [0, 0.05) is 6.04 Å². The molecule has 2 rings (SSSR count). The number of benzene rings is 1. The van der Waals surface area contributed by atoms with Gasteiger partial charge < -0.3 is 4.90 Å². The fourth-order valence-electron chi connectivity index (χ4n) is 2.75. The molecule has 1 amide bonds. The van der Waals surface area contributed by atoms with Crippen molar-refractivity contribution in [3.05, 3.63) is 35.9 Å². The number of hydrogen-bond donors (Lipinski definition) is 0. The third-order valence-electron chi connectivity index (χ3n) is 3.47. The van der Waals surface area contributed by atoms with Crippen molar-refractivity contribution in [1.82, 2.24) is 4.90 Å². The monoisotopic (exact) mass is 263 g/mol. The Balaban J connectivity index is 2.52. The maximum Gasteiger partial charge on any atom is 0.239 e. The standard InChI is InChI=1S/C15H21NOS/c1-11(2)16-13(17)14(3,4)18-15(16,5)12-9-7-6-8-10-12/h6-11H,1-5H3. The van der Waals surface area contributed by atoms with Gasteiger partial charge in [-0.2, -0.15) is 0 Å². The Bertz CT molecular complexity index is 455. The quantitative estimate of drug-likeness (QED) is 0.812. The minimum absolute atomic E-state index is 0.206. The third-order valence-corrected chi connectivity index (χ3v) is 4.99. The first-order valence-corrected chi connectivity index (χ1v) is 7.20. The summed E-state index contributed by atoms with van der Waals surface area (Å²) in [5.41, 5.74) is 1.20. The Labute approximate surface area is 114 Å². The van der Waals surface area contributed by atoms with Crippen molar-refractivity contribution < 1.29 is 4.79 Å². The van der Waals surface area contributed by atoms with Crippen LogP contribution < -0.4 is 0 Å². The largest absolute Gasteiger partial charge is 0.320 e. The molecular formula is C15H21NOS. The Morgan fingerprint density at radius 3 is 2.17 bits per heavy atom. The van der Waals surface area contributed by atoms with Gasteiger partial charge in [-0.3, -0.25) is 4.79 Å². The molecule has 0 spiro atoms. The van der Waals surface area contributed by atoms with Crippen LogP contribution in [0.1, 0.15) is 40.2 Å². The highest BCUT2D eigenvalue weighted by molar-refractivity contribution is 8.02. The molecule has 1 fully saturated rings. The summed E-state index contributed by atoms with van der Waals surface area (Å²) in [4.78, 5) is 14.3. The second-order valence-corrected chi connectivity index (χ2v) is 7.75. The Hall–Kier alpha value is -0.960. The van der Waals surface area contributed by atoms with Crippen LogP contribution in [0.3, 0.4) is 0 Å². The number of thioether (sulfide) groups is 1. The summed E-state index contributed by atoms with van der Waals surface area (Å²) in [5, 5.41) is 0. The fraction of sp³-hybridized carbons (Fsp3) is 0.533. The van der Waals surface area contributed by atoms with E-state index in [2.05, 4.69) is 32.9 Å². The molecule has 0 aliphatic carbocycles. The SMILES string of the molecule is CC(C)N1C(=O)C(C)(C)SC1(C)c1ccccc1. The van der Waals surface area contributed by atoms with Crippen molar-refractivity contribution in [3.63, 3.8) is 0 Å². The summed E-state index contributed by atoms with van der Waals surface area (Å²) in [6, 6.07) is 10.5. The highest BCUT2D eigenvalue weighted by Gasteiger charge is 2.54. The molecule has 0 radical (unpaired) electrons. The Morgan fingerprint density at radius 2 is 1.67 bits per heavy atom. The number of hydrogen-bond acceptors (Lipinski definition) is 2. The summed E-state index contributed by atoms with van der Waals surface area (Å²) in [7, 11) is 0. The normalized spacial score (nSPS) is 27.0. The van der Waals surface area contributed by atoms with Crippen molar-refractivity contribution in [1.29, 1.82) is 0 Å². The molecule has 1 aromatic rings. The van der Waals surface area contributed by atoms with Gasteiger partial charge in [-0.25, -0.2) is 0 Å². The van der Waals surface area contributed by atoms with Crippen molar-refractivity contribution in [2.45, 2.75) is 50.3 Å². The van der Waals surface area contributed by atoms with Crippen LogP contribution in [0.25, 0.3) is 0 Å². The molecule has 0 N–H and O–H groups in total. The van der Waals surface area contributed by atoms with Crippen LogP contribution in [0, 0.1) is 0 Å². The van der Waals surface area contributed by atoms with Crippen molar-refractivity contribution in [3.8, 4) is 0 Å². The van der Waals surface area contributed by atoms with Gasteiger partial charge >= 0.3 is 0 Å². The third kappa shape index (κ3) is 1.95. The molecule has 98 valence electrons. The number of carbonyl (C=O) groups excluding carboxylic acids is 1. The van der Waals surface area contributed by atoms with Crippen LogP contribution in [0.2, 0.25) is 0 Å². The lowest BCUT2D eigenvalue weighted by atomic mass is 10.0. The zero-order valence-corrected chi connectivity index (χ0v) is 12.5. The molecule has 3 heteroatoms. The molecule has 1 unspecified atom stereocenters. The number of carbonyl (C=O) groups is 1. The van der Waals surface area contributed by atoms with E-state index >= 15 is 0 Å². The predicted octanol–water partition coefficient (Wildman–Crippen LogP) is 3.62. The summed E-state index contributed by atoms with van der Waals surface area (Å²) in [6.07, 6.45) is 0. The molecular weight excluding hydrogens is 242 g/mol. The van der Waals surface area contributed by atoms with Gasteiger partial charge in [0.2, 0.25) is 5.91 Å². The van der Waals surface area contributed by atoms with Crippen LogP contribution in [0.15, 0.2) is 30.3 Å². The minimum atomic E-state index is -0.352. The second kappa shape index (κ2) is 4.30. The van der Waals surface area contributed by atoms with Crippen LogP contribution in [-0.2, 0) is 9.67 Å². The van der Waals surface area contributed by atoms with Crippen LogP contribution >= 0.6 is 11.8 Å². The molecule has 1 saturated heterocycles. The van der Waals surface area contributed by atoms with E-state index in [-0.39, 0.29) is 21.6 Å². The first-order chi connectivity index (χ1) is 8.29. The van der Waals surface area contributed by atoms with E-state index < -0.39 is 0 Å². The van der Waals surface area contributed by atoms with Gasteiger partial charge in [0.05, 0.1) is 4.75 Å². The lowest BCUT2D eigenvalue weighted by Crippen LogP contribution is -2.46. The maximum absolute atomic E-state index is 12.6. The zero-order valence-electron chi connectivity index (χ0n) is 11.7. The van der Waals surface area contributed by atoms with Gasteiger partial charge in [-0.15, -0.1) is 11.8 Å². The summed E-state index contributed by atoms with van der Waals surface area (Å²) in [5.74, 6) is 0.230. The molecule has 0 aromatic heterocycles. The van der Waals surface area contributed by atoms with Gasteiger partial charge in [-0.05, 0) is 40.2 Å². The van der Waals surface area contributed by atoms with Crippen LogP contribution in [0.4, 0.5) is 0 Å². The molecule has 1 aromatic carbocycles. The minimum Gasteiger partial charge on any atom is -0.320 e. The molecule has 0 bridgehead atoms. The molecule has 1 aliphatic heterocycles. The molecule has 2 nitrogen and oxygen atoms in total. The lowest BCUT2D eigenvalue weighted by Gasteiger charge is -2.37. The molecule has 1 aliphatic rings. The molecule has 18 heavy (non-hydrogen) atoms. The summed E-state index contributed by atoms with van der Waals surface area (Å²) >= 11 is 1.74. The average molecular weight is 263 g/mol. The Morgan fingerprint density at radius 1 is 1.11 bits per heavy atom. The van der Waals surface area contributed by atoms with E-state index in [0.717, 1.165) is 0 Å². The fourth-order valence-corrected chi connectivity index (χ4v) is 4.57. The lowest BCUT2D eigenvalue weighted by molar-refractivity contribution is -0.136. The van der Waals surface area contributed by atoms with Gasteiger partial charge in [0.15, 0.2) is 0 Å². The molecule has 0 saturated carbocycles. The van der Waals surface area contributed by atoms with Crippen LogP contribution in [0.5, 0.6) is 0 Å². The van der Waals surface area contributed by atoms with Crippen molar-refractivity contribution >= 4 is 17.7 Å². The van der Waals surface area contributed by atoms with Gasteiger partial charge in [0.1, 0.15) is 4.87 Å². The topological polar surface area (TPSA) is 20.3 Å². The predicted molar refractivity (Wildman–Crippen MR) is 77.4 cm³/mol. The molecule has 1 atom stereocenters. The first kappa shape index (κ1) is 13.5. The molecule has 1 heterocycles. The van der Waals surface area contributed by atoms with E-state index in [4.69, 9.17) is 0 Å². The highest BCUT2D eigenvalue weighted by Crippen LogP contribution is 2.54. The summed E-state index contributed by atoms with van der Waals surface area (Å²) < 4.78 is -0.352. The van der Waals surface area contributed by atoms with Crippen LogP contribution in [-0.4, -0.2) is 21.6 Å². The van der Waals surface area contributed by atoms with Crippen molar-refractivity contribution in [2.24, 2.45) is 0 Å². The number of amides is 1. The number of nitrogens with zero attached hydrogens (tertiary/aromatic N) is 1. The van der Waals surface area contributed by atoms with E-state index in [1.54, 1.807) is 11.8 Å². The highest BCUT2D eigenvalue weighted by atomic mass is 32.2. The summed E-state index contributed by atoms with van der Waals surface area (Å²) in [6.45, 7) is 10.4. The average Bonchev–Trinajstić information content (AvgIpc) is 2.47. The zero-order chi connectivity index (χ0) is 13.6. The van der Waals surface area contributed by atoms with E-state index in [9.17, 15) is 4.79 Å². The van der Waals surface area contributed by atoms with E-state index in [1.165, 1.54) is 5.56 Å². The first-order valence-electron chi connectivity index (χ1n) is 6.38.